The molecule has 6 nitrogen and oxygen atoms in total. The highest BCUT2D eigenvalue weighted by atomic mass is 32.1. The fraction of sp³-hybridized carbons (Fsp3) is 0.286. The van der Waals surface area contributed by atoms with Gasteiger partial charge in [0.25, 0.3) is 5.91 Å². The van der Waals surface area contributed by atoms with Gasteiger partial charge in [-0.1, -0.05) is 24.3 Å². The predicted molar refractivity (Wildman–Crippen MR) is 108 cm³/mol. The number of rotatable bonds is 7. The predicted octanol–water partition coefficient (Wildman–Crippen LogP) is 3.61. The Labute approximate surface area is 167 Å². The summed E-state index contributed by atoms with van der Waals surface area (Å²) in [6, 6.07) is 14.8. The number of esters is 1. The first-order chi connectivity index (χ1) is 13.5. The van der Waals surface area contributed by atoms with Crippen molar-refractivity contribution in [2.45, 2.75) is 19.4 Å². The molecule has 0 aliphatic heterocycles. The zero-order valence-electron chi connectivity index (χ0n) is 16.0. The summed E-state index contributed by atoms with van der Waals surface area (Å²) < 4.78 is 11.3. The van der Waals surface area contributed by atoms with Crippen molar-refractivity contribution < 1.29 is 19.1 Å². The van der Waals surface area contributed by atoms with E-state index in [0.29, 0.717) is 0 Å². The van der Waals surface area contributed by atoms with Gasteiger partial charge in [0.2, 0.25) is 0 Å². The summed E-state index contributed by atoms with van der Waals surface area (Å²) in [6.45, 7) is 1.62. The van der Waals surface area contributed by atoms with Crippen LogP contribution in [0.3, 0.4) is 0 Å². The summed E-state index contributed by atoms with van der Waals surface area (Å²) in [4.78, 5) is 30.6. The van der Waals surface area contributed by atoms with Gasteiger partial charge in [0.1, 0.15) is 10.8 Å². The first-order valence-electron chi connectivity index (χ1n) is 8.87. The van der Waals surface area contributed by atoms with E-state index in [9.17, 15) is 9.59 Å². The van der Waals surface area contributed by atoms with Crippen molar-refractivity contribution in [1.82, 2.24) is 9.88 Å². The molecule has 0 saturated carbocycles. The number of likely N-dealkylation sites (N-methyl/N-ethyl adjacent to an activating group) is 1. The number of nitrogens with zero attached hydrogens (tertiary/aromatic N) is 2. The highest BCUT2D eigenvalue weighted by Crippen LogP contribution is 2.28. The van der Waals surface area contributed by atoms with Gasteiger partial charge in [0.15, 0.2) is 6.61 Å². The van der Waals surface area contributed by atoms with Gasteiger partial charge in [-0.05, 0) is 36.8 Å². The van der Waals surface area contributed by atoms with E-state index < -0.39 is 5.97 Å². The minimum atomic E-state index is -0.445. The number of methoxy groups -OCH3 is 1. The highest BCUT2D eigenvalue weighted by Gasteiger charge is 2.21. The van der Waals surface area contributed by atoms with Crippen molar-refractivity contribution >= 4 is 33.4 Å². The van der Waals surface area contributed by atoms with Crippen molar-refractivity contribution in [3.05, 3.63) is 59.1 Å². The average molecular weight is 398 g/mol. The Morgan fingerprint density at radius 1 is 1.14 bits per heavy atom. The third kappa shape index (κ3) is 4.67. The Balaban J connectivity index is 1.53. The maximum absolute atomic E-state index is 12.4. The second kappa shape index (κ2) is 8.84. The van der Waals surface area contributed by atoms with E-state index in [1.54, 1.807) is 54.7 Å². The van der Waals surface area contributed by atoms with Crippen LogP contribution < -0.4 is 4.74 Å². The van der Waals surface area contributed by atoms with E-state index in [2.05, 4.69) is 4.98 Å². The van der Waals surface area contributed by atoms with E-state index in [1.807, 2.05) is 31.2 Å². The minimum Gasteiger partial charge on any atom is -0.497 e. The van der Waals surface area contributed by atoms with Crippen LogP contribution >= 0.6 is 11.3 Å². The SMILES string of the molecule is COc1ccc(CC(=O)OCC(=O)N(C)[C@H](C)c2nc3ccccc3s2)cc1. The molecule has 1 aromatic heterocycles. The summed E-state index contributed by atoms with van der Waals surface area (Å²) in [7, 11) is 3.27. The third-order valence-corrected chi connectivity index (χ3v) is 5.71. The second-order valence-electron chi connectivity index (χ2n) is 6.39. The number of carbonyl (C=O) groups is 2. The van der Waals surface area contributed by atoms with Gasteiger partial charge in [0.05, 0.1) is 29.8 Å². The summed E-state index contributed by atoms with van der Waals surface area (Å²) in [6.07, 6.45) is 0.106. The zero-order valence-corrected chi connectivity index (χ0v) is 16.9. The van der Waals surface area contributed by atoms with Gasteiger partial charge in [-0.3, -0.25) is 9.59 Å². The second-order valence-corrected chi connectivity index (χ2v) is 7.45. The van der Waals surface area contributed by atoms with Gasteiger partial charge < -0.3 is 14.4 Å². The molecule has 28 heavy (non-hydrogen) atoms. The van der Waals surface area contributed by atoms with Crippen LogP contribution in [0.1, 0.15) is 23.5 Å². The van der Waals surface area contributed by atoms with Crippen molar-refractivity contribution in [1.29, 1.82) is 0 Å². The molecule has 0 radical (unpaired) electrons. The maximum atomic E-state index is 12.4. The number of benzene rings is 2. The number of hydrogen-bond donors (Lipinski definition) is 0. The molecule has 1 atom stereocenters. The molecule has 0 saturated heterocycles. The smallest absolute Gasteiger partial charge is 0.310 e. The number of thiazole rings is 1. The molecule has 0 bridgehead atoms. The molecule has 0 N–H and O–H groups in total. The lowest BCUT2D eigenvalue weighted by Crippen LogP contribution is -2.33. The Morgan fingerprint density at radius 3 is 2.54 bits per heavy atom. The molecule has 3 rings (SSSR count). The van der Waals surface area contributed by atoms with Gasteiger partial charge in [0, 0.05) is 7.05 Å². The lowest BCUT2D eigenvalue weighted by Gasteiger charge is -2.23. The van der Waals surface area contributed by atoms with Crippen LogP contribution in [0.15, 0.2) is 48.5 Å². The molecule has 146 valence electrons. The summed E-state index contributed by atoms with van der Waals surface area (Å²) >= 11 is 1.56. The Hall–Kier alpha value is -2.93. The fourth-order valence-electron chi connectivity index (χ4n) is 2.66. The summed E-state index contributed by atoms with van der Waals surface area (Å²) in [5.41, 5.74) is 1.72. The Kier molecular flexibility index (Phi) is 6.26. The van der Waals surface area contributed by atoms with Crippen molar-refractivity contribution in [3.8, 4) is 5.75 Å². The molecule has 1 heterocycles. The lowest BCUT2D eigenvalue weighted by molar-refractivity contribution is -0.151. The number of fused-ring (bicyclic) bond motifs is 1. The third-order valence-electron chi connectivity index (χ3n) is 4.51. The molecule has 0 aliphatic rings. The number of aromatic nitrogens is 1. The van der Waals surface area contributed by atoms with Crippen LogP contribution in [0.4, 0.5) is 0 Å². The fourth-order valence-corrected chi connectivity index (χ4v) is 3.72. The first kappa shape index (κ1) is 19.8. The topological polar surface area (TPSA) is 68.7 Å². The minimum absolute atomic E-state index is 0.106. The van der Waals surface area contributed by atoms with Gasteiger partial charge in [-0.2, -0.15) is 0 Å². The molecule has 3 aromatic rings. The van der Waals surface area contributed by atoms with Crippen LogP contribution in [0, 0.1) is 0 Å². The van der Waals surface area contributed by atoms with Gasteiger partial charge in [-0.15, -0.1) is 11.3 Å². The molecule has 0 unspecified atom stereocenters. The Morgan fingerprint density at radius 2 is 1.86 bits per heavy atom. The number of para-hydroxylation sites is 1. The van der Waals surface area contributed by atoms with Crippen molar-refractivity contribution in [3.63, 3.8) is 0 Å². The van der Waals surface area contributed by atoms with Crippen molar-refractivity contribution in [2.75, 3.05) is 20.8 Å². The van der Waals surface area contributed by atoms with E-state index >= 15 is 0 Å². The van der Waals surface area contributed by atoms with Crippen molar-refractivity contribution in [2.24, 2.45) is 0 Å². The maximum Gasteiger partial charge on any atom is 0.310 e. The standard InChI is InChI=1S/C21H22N2O4S/c1-14(21-22-17-6-4-5-7-18(17)28-21)23(2)19(24)13-27-20(25)12-15-8-10-16(26-3)11-9-15/h4-11,14H,12-13H2,1-3H3/t14-/m1/s1. The largest absolute Gasteiger partial charge is 0.497 e. The van der Waals surface area contributed by atoms with Crippen LogP contribution in [0.2, 0.25) is 0 Å². The Bertz CT molecular complexity index is 935. The van der Waals surface area contributed by atoms with Gasteiger partial charge >= 0.3 is 5.97 Å². The normalized spacial score (nSPS) is 11.8. The van der Waals surface area contributed by atoms with E-state index in [1.165, 1.54) is 0 Å². The van der Waals surface area contributed by atoms with E-state index in [4.69, 9.17) is 9.47 Å². The van der Waals surface area contributed by atoms with Crippen LogP contribution in [0.25, 0.3) is 10.2 Å². The van der Waals surface area contributed by atoms with Crippen LogP contribution in [0.5, 0.6) is 5.75 Å². The van der Waals surface area contributed by atoms with Crippen LogP contribution in [-0.4, -0.2) is 42.5 Å². The molecule has 2 aromatic carbocycles. The summed E-state index contributed by atoms with van der Waals surface area (Å²) in [5, 5.41) is 0.849. The average Bonchev–Trinajstić information content (AvgIpc) is 3.15. The first-order valence-corrected chi connectivity index (χ1v) is 9.69. The monoisotopic (exact) mass is 398 g/mol. The number of carbonyl (C=O) groups excluding carboxylic acids is 2. The quantitative estimate of drug-likeness (QED) is 0.569. The molecular weight excluding hydrogens is 376 g/mol. The molecular formula is C21H22N2O4S. The zero-order chi connectivity index (χ0) is 20.1. The van der Waals surface area contributed by atoms with Crippen LogP contribution in [-0.2, 0) is 20.7 Å². The van der Waals surface area contributed by atoms with Gasteiger partial charge in [-0.25, -0.2) is 4.98 Å². The lowest BCUT2D eigenvalue weighted by atomic mass is 10.1. The number of ether oxygens (including phenoxy) is 2. The van der Waals surface area contributed by atoms with E-state index in [-0.39, 0.29) is 25.0 Å². The number of amides is 1. The summed E-state index contributed by atoms with van der Waals surface area (Å²) in [5.74, 6) is 0.00662. The molecule has 0 aliphatic carbocycles. The molecule has 0 fully saturated rings. The molecule has 7 heteroatoms. The number of hydrogen-bond acceptors (Lipinski definition) is 6. The molecule has 1 amide bonds. The highest BCUT2D eigenvalue weighted by molar-refractivity contribution is 7.18. The molecule has 0 spiro atoms. The van der Waals surface area contributed by atoms with E-state index in [0.717, 1.165) is 26.5 Å².